The van der Waals surface area contributed by atoms with Crippen molar-refractivity contribution in [2.75, 3.05) is 64.7 Å². The number of methoxy groups -OCH3 is 1. The quantitative estimate of drug-likeness (QED) is 0.212. The molecule has 1 fully saturated rings. The van der Waals surface area contributed by atoms with Crippen molar-refractivity contribution in [3.05, 3.63) is 103 Å². The van der Waals surface area contributed by atoms with Crippen LogP contribution in [-0.2, 0) is 22.6 Å². The molecule has 3 aromatic carbocycles. The molecule has 1 aromatic heterocycles. The van der Waals surface area contributed by atoms with Crippen molar-refractivity contribution in [3.63, 3.8) is 0 Å². The Kier molecular flexibility index (Phi) is 10.1. The zero-order valence-electron chi connectivity index (χ0n) is 23.2. The van der Waals surface area contributed by atoms with E-state index in [0.29, 0.717) is 19.8 Å². The van der Waals surface area contributed by atoms with E-state index in [-0.39, 0.29) is 0 Å². The van der Waals surface area contributed by atoms with Gasteiger partial charge in [-0.15, -0.1) is 0 Å². The number of hydrogen-bond acceptors (Lipinski definition) is 7. The molecule has 210 valence electrons. The van der Waals surface area contributed by atoms with Crippen LogP contribution in [0.3, 0.4) is 0 Å². The normalized spacial score (nSPS) is 13.7. The molecule has 1 saturated heterocycles. The second-order valence-corrected chi connectivity index (χ2v) is 9.76. The van der Waals surface area contributed by atoms with Gasteiger partial charge in [0, 0.05) is 62.6 Å². The molecule has 4 aromatic rings. The van der Waals surface area contributed by atoms with E-state index >= 15 is 0 Å². The summed E-state index contributed by atoms with van der Waals surface area (Å²) in [5.41, 5.74) is 4.54. The van der Waals surface area contributed by atoms with Crippen LogP contribution < -0.4 is 14.4 Å². The summed E-state index contributed by atoms with van der Waals surface area (Å²) in [6, 6.07) is 25.1. The number of aromatic nitrogens is 2. The summed E-state index contributed by atoms with van der Waals surface area (Å²) < 4.78 is 24.8. The summed E-state index contributed by atoms with van der Waals surface area (Å²) in [5, 5.41) is 0. The highest BCUT2D eigenvalue weighted by Gasteiger charge is 2.12. The van der Waals surface area contributed by atoms with Crippen LogP contribution in [0.2, 0.25) is 0 Å². The topological polar surface area (TPSA) is 61.2 Å². The minimum atomic E-state index is 0.509. The molecule has 0 aliphatic carbocycles. The molecule has 0 bridgehead atoms. The van der Waals surface area contributed by atoms with Gasteiger partial charge in [0.1, 0.15) is 18.1 Å². The number of benzene rings is 3. The molecule has 0 amide bonds. The van der Waals surface area contributed by atoms with Crippen molar-refractivity contribution in [1.29, 1.82) is 0 Å². The monoisotopic (exact) mass is 542 g/mol. The van der Waals surface area contributed by atoms with Crippen LogP contribution in [0.5, 0.6) is 11.5 Å². The van der Waals surface area contributed by atoms with E-state index in [1.165, 1.54) is 11.1 Å². The van der Waals surface area contributed by atoms with Crippen LogP contribution in [0, 0.1) is 0 Å². The number of hydrogen-bond donors (Lipinski definition) is 0. The van der Waals surface area contributed by atoms with Gasteiger partial charge in [-0.2, -0.15) is 0 Å². The Morgan fingerprint density at radius 2 is 1.62 bits per heavy atom. The van der Waals surface area contributed by atoms with Crippen molar-refractivity contribution in [1.82, 2.24) is 14.5 Å². The Labute approximate surface area is 236 Å². The lowest BCUT2D eigenvalue weighted by molar-refractivity contribution is 0.0170. The summed E-state index contributed by atoms with van der Waals surface area (Å²) >= 11 is 0. The molecule has 1 aliphatic heterocycles. The third kappa shape index (κ3) is 8.08. The second kappa shape index (κ2) is 14.5. The molecule has 0 N–H and O–H groups in total. The standard InChI is InChI=1S/C32H38N4O4/c1-37-31-9-3-6-28(22-31)25-36(24-27-5-2-7-29(21-27)35-12-11-33-26-35)30-8-4-10-32(23-30)40-20-19-39-18-15-34-13-16-38-17-14-34/h2-12,21-23,26H,13-20,24-25H2,1H3. The van der Waals surface area contributed by atoms with E-state index in [1.807, 2.05) is 41.4 Å². The molecule has 40 heavy (non-hydrogen) atoms. The summed E-state index contributed by atoms with van der Waals surface area (Å²) in [7, 11) is 1.70. The molecule has 5 rings (SSSR count). The fraction of sp³-hybridized carbons (Fsp3) is 0.344. The van der Waals surface area contributed by atoms with Crippen LogP contribution in [0.25, 0.3) is 5.69 Å². The Bertz CT molecular complexity index is 1310. The van der Waals surface area contributed by atoms with Gasteiger partial charge in [-0.25, -0.2) is 4.98 Å². The van der Waals surface area contributed by atoms with E-state index in [4.69, 9.17) is 18.9 Å². The lowest BCUT2D eigenvalue weighted by Crippen LogP contribution is -2.38. The van der Waals surface area contributed by atoms with Crippen LogP contribution in [0.15, 0.2) is 91.5 Å². The zero-order chi connectivity index (χ0) is 27.4. The average Bonchev–Trinajstić information content (AvgIpc) is 3.55. The van der Waals surface area contributed by atoms with Crippen molar-refractivity contribution in [3.8, 4) is 17.2 Å². The highest BCUT2D eigenvalue weighted by atomic mass is 16.5. The Morgan fingerprint density at radius 1 is 0.850 bits per heavy atom. The molecule has 0 radical (unpaired) electrons. The lowest BCUT2D eigenvalue weighted by Gasteiger charge is -2.26. The first-order valence-corrected chi connectivity index (χ1v) is 13.8. The summed E-state index contributed by atoms with van der Waals surface area (Å²) in [6.45, 7) is 7.73. The van der Waals surface area contributed by atoms with Gasteiger partial charge in [-0.3, -0.25) is 4.90 Å². The van der Waals surface area contributed by atoms with Crippen LogP contribution in [0.1, 0.15) is 11.1 Å². The first-order chi connectivity index (χ1) is 19.8. The van der Waals surface area contributed by atoms with Crippen molar-refractivity contribution in [2.45, 2.75) is 13.1 Å². The second-order valence-electron chi connectivity index (χ2n) is 9.76. The minimum Gasteiger partial charge on any atom is -0.497 e. The van der Waals surface area contributed by atoms with Gasteiger partial charge in [0.15, 0.2) is 0 Å². The van der Waals surface area contributed by atoms with Gasteiger partial charge >= 0.3 is 0 Å². The maximum atomic E-state index is 6.08. The molecule has 0 saturated carbocycles. The van der Waals surface area contributed by atoms with Crippen molar-refractivity contribution >= 4 is 5.69 Å². The summed E-state index contributed by atoms with van der Waals surface area (Å²) in [5.74, 6) is 1.68. The summed E-state index contributed by atoms with van der Waals surface area (Å²) in [6.07, 6.45) is 5.57. The van der Waals surface area contributed by atoms with E-state index in [9.17, 15) is 0 Å². The fourth-order valence-electron chi connectivity index (χ4n) is 4.79. The van der Waals surface area contributed by atoms with E-state index in [1.54, 1.807) is 13.3 Å². The van der Waals surface area contributed by atoms with Crippen LogP contribution in [0.4, 0.5) is 5.69 Å². The lowest BCUT2D eigenvalue weighted by atomic mass is 10.1. The van der Waals surface area contributed by atoms with E-state index in [2.05, 4.69) is 63.3 Å². The largest absolute Gasteiger partial charge is 0.497 e. The molecule has 0 unspecified atom stereocenters. The summed E-state index contributed by atoms with van der Waals surface area (Å²) in [4.78, 5) is 8.92. The first-order valence-electron chi connectivity index (χ1n) is 13.8. The molecule has 2 heterocycles. The minimum absolute atomic E-state index is 0.509. The van der Waals surface area contributed by atoms with Gasteiger partial charge in [0.05, 0.1) is 39.9 Å². The van der Waals surface area contributed by atoms with Gasteiger partial charge in [0.25, 0.3) is 0 Å². The third-order valence-electron chi connectivity index (χ3n) is 6.93. The molecule has 8 nitrogen and oxygen atoms in total. The Morgan fingerprint density at radius 3 is 2.42 bits per heavy atom. The number of nitrogens with zero attached hydrogens (tertiary/aromatic N) is 4. The average molecular weight is 543 g/mol. The molecule has 8 heteroatoms. The molecular weight excluding hydrogens is 504 g/mol. The first kappa shape index (κ1) is 27.7. The van der Waals surface area contributed by atoms with Crippen molar-refractivity contribution in [2.24, 2.45) is 0 Å². The smallest absolute Gasteiger partial charge is 0.121 e. The van der Waals surface area contributed by atoms with Crippen molar-refractivity contribution < 1.29 is 18.9 Å². The Hall–Kier alpha value is -3.85. The molecule has 0 spiro atoms. The predicted molar refractivity (Wildman–Crippen MR) is 156 cm³/mol. The molecule has 0 atom stereocenters. The fourth-order valence-corrected chi connectivity index (χ4v) is 4.79. The number of anilines is 1. The predicted octanol–water partition coefficient (Wildman–Crippen LogP) is 4.82. The van der Waals surface area contributed by atoms with Gasteiger partial charge in [-0.05, 0) is 47.5 Å². The number of ether oxygens (including phenoxy) is 4. The third-order valence-corrected chi connectivity index (χ3v) is 6.93. The maximum absolute atomic E-state index is 6.08. The SMILES string of the molecule is COc1cccc(CN(Cc2cccc(-n3ccnc3)c2)c2cccc(OCCOCCN3CCOCC3)c2)c1. The zero-order valence-corrected chi connectivity index (χ0v) is 23.2. The molecular formula is C32H38N4O4. The van der Waals surface area contributed by atoms with Gasteiger partial charge < -0.3 is 28.4 Å². The van der Waals surface area contributed by atoms with E-state index in [0.717, 1.165) is 68.8 Å². The number of imidazole rings is 1. The van der Waals surface area contributed by atoms with E-state index < -0.39 is 0 Å². The highest BCUT2D eigenvalue weighted by Crippen LogP contribution is 2.26. The number of morpholine rings is 1. The number of rotatable bonds is 14. The highest BCUT2D eigenvalue weighted by molar-refractivity contribution is 5.52. The molecule has 1 aliphatic rings. The van der Waals surface area contributed by atoms with Crippen LogP contribution in [-0.4, -0.2) is 74.2 Å². The Balaban J connectivity index is 1.24. The van der Waals surface area contributed by atoms with Gasteiger partial charge in [0.2, 0.25) is 0 Å². The van der Waals surface area contributed by atoms with Crippen LogP contribution >= 0.6 is 0 Å². The maximum Gasteiger partial charge on any atom is 0.121 e. The van der Waals surface area contributed by atoms with Gasteiger partial charge in [-0.1, -0.05) is 30.3 Å².